The Hall–Kier alpha value is -1.94. The van der Waals surface area contributed by atoms with E-state index in [0.29, 0.717) is 21.4 Å². The highest BCUT2D eigenvalue weighted by molar-refractivity contribution is 7.97. The average Bonchev–Trinajstić information content (AvgIpc) is 2.67. The van der Waals surface area contributed by atoms with Gasteiger partial charge < -0.3 is 4.74 Å². The molecule has 0 atom stereocenters. The molecule has 3 rings (SSSR count). The Morgan fingerprint density at radius 1 is 0.808 bits per heavy atom. The zero-order valence-electron chi connectivity index (χ0n) is 14.1. The largest absolute Gasteiger partial charge is 0.497 e. The number of hydrogen-bond acceptors (Lipinski definition) is 2. The maximum atomic E-state index is 12.8. The van der Waals surface area contributed by atoms with Crippen molar-refractivity contribution >= 4 is 39.9 Å². The molecule has 0 bridgehead atoms. The number of ether oxygens (including phenoxy) is 1. The Balaban J connectivity index is 1.90. The lowest BCUT2D eigenvalue weighted by Gasteiger charge is -2.09. The Morgan fingerprint density at radius 2 is 1.27 bits per heavy atom. The molecule has 0 unspecified atom stereocenters. The molecule has 0 aliphatic heterocycles. The first kappa shape index (κ1) is 18.8. The third kappa shape index (κ3) is 4.61. The molecule has 0 amide bonds. The van der Waals surface area contributed by atoms with Gasteiger partial charge in [-0.1, -0.05) is 23.2 Å². The van der Waals surface area contributed by atoms with Gasteiger partial charge in [0.2, 0.25) is 5.78 Å². The molecular weight excluding hydrogens is 387 g/mol. The zero-order chi connectivity index (χ0) is 18.5. The molecule has 0 saturated carbocycles. The first-order valence-electron chi connectivity index (χ1n) is 7.96. The van der Waals surface area contributed by atoms with Gasteiger partial charge in [-0.2, -0.15) is 0 Å². The summed E-state index contributed by atoms with van der Waals surface area (Å²) in [5.41, 5.74) is 0.672. The van der Waals surface area contributed by atoms with Gasteiger partial charge in [-0.25, -0.2) is 0 Å². The van der Waals surface area contributed by atoms with Crippen LogP contribution < -0.4 is 4.74 Å². The molecule has 0 fully saturated rings. The van der Waals surface area contributed by atoms with E-state index in [1.54, 1.807) is 31.4 Å². The summed E-state index contributed by atoms with van der Waals surface area (Å²) in [6, 6.07) is 22.5. The van der Waals surface area contributed by atoms with Gasteiger partial charge in [-0.15, -0.1) is 0 Å². The number of carbonyl (C=O) groups excluding carboxylic acids is 1. The number of Topliss-reactive ketones (excluding diaryl/α,β-unsaturated/α-hetero) is 1. The minimum absolute atomic E-state index is 0.0842. The highest BCUT2D eigenvalue weighted by Gasteiger charge is 2.29. The highest BCUT2D eigenvalue weighted by Crippen LogP contribution is 2.27. The van der Waals surface area contributed by atoms with Gasteiger partial charge >= 0.3 is 0 Å². The second-order valence-corrected chi connectivity index (χ2v) is 8.48. The summed E-state index contributed by atoms with van der Waals surface area (Å²) < 4.78 is 5.16. The van der Waals surface area contributed by atoms with Crippen molar-refractivity contribution in [3.05, 3.63) is 88.4 Å². The van der Waals surface area contributed by atoms with E-state index < -0.39 is 10.9 Å². The first-order valence-corrected chi connectivity index (χ1v) is 10.1. The summed E-state index contributed by atoms with van der Waals surface area (Å²) in [5, 5.41) is 1.35. The molecule has 0 aliphatic rings. The SMILES string of the molecule is COc1ccc(C(=O)C[S+](c2ccc(Cl)cc2)c2ccc(Cl)cc2)cc1. The van der Waals surface area contributed by atoms with Crippen LogP contribution in [0.3, 0.4) is 0 Å². The molecule has 0 spiro atoms. The van der Waals surface area contributed by atoms with Gasteiger partial charge in [-0.05, 0) is 72.8 Å². The van der Waals surface area contributed by atoms with E-state index in [9.17, 15) is 4.79 Å². The number of rotatable bonds is 6. The van der Waals surface area contributed by atoms with Gasteiger partial charge in [0.05, 0.1) is 18.0 Å². The lowest BCUT2D eigenvalue weighted by atomic mass is 10.1. The van der Waals surface area contributed by atoms with Crippen LogP contribution in [0.5, 0.6) is 5.75 Å². The van der Waals surface area contributed by atoms with Gasteiger partial charge in [0.25, 0.3) is 0 Å². The number of hydrogen-bond donors (Lipinski definition) is 0. The van der Waals surface area contributed by atoms with Crippen molar-refractivity contribution in [2.75, 3.05) is 12.9 Å². The quantitative estimate of drug-likeness (QED) is 0.377. The molecule has 3 aromatic carbocycles. The molecule has 3 aromatic rings. The van der Waals surface area contributed by atoms with E-state index in [-0.39, 0.29) is 5.78 Å². The monoisotopic (exact) mass is 403 g/mol. The number of halogens is 2. The number of ketones is 1. The minimum Gasteiger partial charge on any atom is -0.497 e. The van der Waals surface area contributed by atoms with Gasteiger partial charge in [0, 0.05) is 15.6 Å². The molecule has 0 aromatic heterocycles. The van der Waals surface area contributed by atoms with Crippen LogP contribution in [0.2, 0.25) is 10.0 Å². The van der Waals surface area contributed by atoms with E-state index in [1.807, 2.05) is 48.5 Å². The Labute approximate surface area is 166 Å². The lowest BCUT2D eigenvalue weighted by molar-refractivity contribution is 0.102. The first-order chi connectivity index (χ1) is 12.6. The second-order valence-electron chi connectivity index (χ2n) is 5.59. The van der Waals surface area contributed by atoms with Crippen molar-refractivity contribution in [1.82, 2.24) is 0 Å². The fourth-order valence-corrected chi connectivity index (χ4v) is 4.71. The topological polar surface area (TPSA) is 26.3 Å². The van der Waals surface area contributed by atoms with Crippen molar-refractivity contribution < 1.29 is 9.53 Å². The Kier molecular flexibility index (Phi) is 6.25. The smallest absolute Gasteiger partial charge is 0.212 e. The van der Waals surface area contributed by atoms with E-state index in [2.05, 4.69) is 0 Å². The maximum Gasteiger partial charge on any atom is 0.212 e. The molecule has 0 aliphatic carbocycles. The van der Waals surface area contributed by atoms with Crippen molar-refractivity contribution in [3.63, 3.8) is 0 Å². The van der Waals surface area contributed by atoms with Gasteiger partial charge in [0.15, 0.2) is 15.5 Å². The summed E-state index contributed by atoms with van der Waals surface area (Å²) in [5.74, 6) is 1.20. The molecule has 0 N–H and O–H groups in total. The zero-order valence-corrected chi connectivity index (χ0v) is 16.4. The van der Waals surface area contributed by atoms with Crippen molar-refractivity contribution in [2.24, 2.45) is 0 Å². The summed E-state index contributed by atoms with van der Waals surface area (Å²) in [7, 11) is 1.20. The van der Waals surface area contributed by atoms with E-state index >= 15 is 0 Å². The molecular formula is C21H17Cl2O2S+. The predicted octanol–water partition coefficient (Wildman–Crippen LogP) is 5.92. The predicted molar refractivity (Wildman–Crippen MR) is 109 cm³/mol. The van der Waals surface area contributed by atoms with Crippen LogP contribution in [0.4, 0.5) is 0 Å². The maximum absolute atomic E-state index is 12.8. The molecule has 0 radical (unpaired) electrons. The number of benzene rings is 3. The van der Waals surface area contributed by atoms with Gasteiger partial charge in [0.1, 0.15) is 5.75 Å². The van der Waals surface area contributed by atoms with Crippen molar-refractivity contribution in [1.29, 1.82) is 0 Å². The van der Waals surface area contributed by atoms with Crippen LogP contribution in [0, 0.1) is 0 Å². The highest BCUT2D eigenvalue weighted by atomic mass is 35.5. The molecule has 0 saturated heterocycles. The standard InChI is InChI=1S/C21H17Cl2O2S/c1-25-18-8-2-15(3-9-18)21(24)14-26(19-10-4-16(22)5-11-19)20-12-6-17(23)7-13-20/h2-13H,14H2,1H3/q+1. The van der Waals surface area contributed by atoms with Crippen LogP contribution in [0.15, 0.2) is 82.6 Å². The fraction of sp³-hybridized carbons (Fsp3) is 0.0952. The summed E-state index contributed by atoms with van der Waals surface area (Å²) in [6.45, 7) is 0. The van der Waals surface area contributed by atoms with Crippen LogP contribution in [-0.4, -0.2) is 18.6 Å². The molecule has 0 heterocycles. The van der Waals surface area contributed by atoms with Gasteiger partial charge in [-0.3, -0.25) is 4.79 Å². The fourth-order valence-electron chi connectivity index (χ4n) is 2.49. The average molecular weight is 404 g/mol. The molecule has 2 nitrogen and oxygen atoms in total. The van der Waals surface area contributed by atoms with Crippen LogP contribution >= 0.6 is 23.2 Å². The van der Waals surface area contributed by atoms with Crippen LogP contribution in [0.1, 0.15) is 10.4 Å². The lowest BCUT2D eigenvalue weighted by Crippen LogP contribution is -2.17. The van der Waals surface area contributed by atoms with Crippen LogP contribution in [-0.2, 0) is 10.9 Å². The molecule has 132 valence electrons. The molecule has 26 heavy (non-hydrogen) atoms. The molecule has 5 heteroatoms. The van der Waals surface area contributed by atoms with E-state index in [4.69, 9.17) is 27.9 Å². The second kappa shape index (κ2) is 8.63. The summed E-state index contributed by atoms with van der Waals surface area (Å²) >= 11 is 12.0. The van der Waals surface area contributed by atoms with Crippen molar-refractivity contribution in [2.45, 2.75) is 9.79 Å². The van der Waals surface area contributed by atoms with Crippen molar-refractivity contribution in [3.8, 4) is 5.75 Å². The Bertz CT molecular complexity index is 830. The number of carbonyl (C=O) groups is 1. The van der Waals surface area contributed by atoms with E-state index in [1.165, 1.54) is 0 Å². The van der Waals surface area contributed by atoms with E-state index in [0.717, 1.165) is 15.5 Å². The normalized spacial score (nSPS) is 10.8. The van der Waals surface area contributed by atoms with Crippen LogP contribution in [0.25, 0.3) is 0 Å². The minimum atomic E-state index is -0.404. The third-order valence-corrected chi connectivity index (χ3v) is 6.62. The summed E-state index contributed by atoms with van der Waals surface area (Å²) in [4.78, 5) is 15.0. The Morgan fingerprint density at radius 3 is 1.69 bits per heavy atom. The summed E-state index contributed by atoms with van der Waals surface area (Å²) in [6.07, 6.45) is 0. The number of methoxy groups -OCH3 is 1. The third-order valence-electron chi connectivity index (χ3n) is 3.88.